The molecule has 0 aliphatic rings. The molecular weight excluding hydrogens is 180 g/mol. The monoisotopic (exact) mass is 204 g/mol. The molecule has 0 fully saturated rings. The van der Waals surface area contributed by atoms with Crippen LogP contribution in [0.15, 0.2) is 24.3 Å². The molecule has 1 aromatic rings. The lowest BCUT2D eigenvalue weighted by Crippen LogP contribution is -1.97. The summed E-state index contributed by atoms with van der Waals surface area (Å²) >= 11 is 0. The summed E-state index contributed by atoms with van der Waals surface area (Å²) < 4.78 is 0. The van der Waals surface area contributed by atoms with Crippen molar-refractivity contribution >= 4 is 0 Å². The van der Waals surface area contributed by atoms with Crippen LogP contribution in [0.5, 0.6) is 0 Å². The van der Waals surface area contributed by atoms with Gasteiger partial charge in [0.1, 0.15) is 0 Å². The van der Waals surface area contributed by atoms with Crippen molar-refractivity contribution in [3.63, 3.8) is 0 Å². The molecule has 0 aliphatic carbocycles. The fourth-order valence-electron chi connectivity index (χ4n) is 1.83. The first kappa shape index (κ1) is 12.3. The van der Waals surface area contributed by atoms with Gasteiger partial charge < -0.3 is 0 Å². The third kappa shape index (κ3) is 4.07. The van der Waals surface area contributed by atoms with Gasteiger partial charge in [0, 0.05) is 0 Å². The van der Waals surface area contributed by atoms with Crippen molar-refractivity contribution in [2.75, 3.05) is 0 Å². The van der Waals surface area contributed by atoms with Gasteiger partial charge in [0.05, 0.1) is 0 Å². The molecule has 84 valence electrons. The molecule has 15 heavy (non-hydrogen) atoms. The minimum Gasteiger partial charge on any atom is -0.0628 e. The molecule has 0 bridgehead atoms. The molecule has 1 rings (SSSR count). The van der Waals surface area contributed by atoms with Crippen LogP contribution in [0, 0.1) is 5.92 Å². The summed E-state index contributed by atoms with van der Waals surface area (Å²) in [4.78, 5) is 0. The van der Waals surface area contributed by atoms with Crippen molar-refractivity contribution in [2.45, 2.75) is 52.9 Å². The lowest BCUT2D eigenvalue weighted by molar-refractivity contribution is 0.517. The maximum absolute atomic E-state index is 2.34. The largest absolute Gasteiger partial charge is 0.0628 e. The predicted molar refractivity (Wildman–Crippen MR) is 68.3 cm³/mol. The third-order valence-corrected chi connectivity index (χ3v) is 3.13. The maximum Gasteiger partial charge on any atom is -0.0190 e. The predicted octanol–water partition coefficient (Wildman–Crippen LogP) is 4.79. The Labute approximate surface area is 94.7 Å². The summed E-state index contributed by atoms with van der Waals surface area (Å²) in [6, 6.07) is 9.12. The molecular formula is C15H24. The summed E-state index contributed by atoms with van der Waals surface area (Å²) in [7, 11) is 0. The molecule has 0 aromatic heterocycles. The van der Waals surface area contributed by atoms with Gasteiger partial charge in [-0.2, -0.15) is 0 Å². The first-order valence-electron chi connectivity index (χ1n) is 6.22. The number of rotatable bonds is 5. The number of aryl methyl sites for hydroxylation is 1. The molecule has 0 heterocycles. The first-order valence-corrected chi connectivity index (χ1v) is 6.22. The van der Waals surface area contributed by atoms with Crippen LogP contribution < -0.4 is 0 Å². The van der Waals surface area contributed by atoms with E-state index in [1.54, 1.807) is 0 Å². The molecule has 0 spiro atoms. The summed E-state index contributed by atoms with van der Waals surface area (Å²) in [5.74, 6) is 1.53. The molecule has 1 atom stereocenters. The minimum atomic E-state index is 0.707. The Morgan fingerprint density at radius 3 is 2.00 bits per heavy atom. The van der Waals surface area contributed by atoms with Crippen LogP contribution in [-0.2, 0) is 6.42 Å². The molecule has 0 aliphatic heterocycles. The van der Waals surface area contributed by atoms with Crippen LogP contribution in [0.2, 0.25) is 0 Å². The average molecular weight is 204 g/mol. The molecule has 0 heteroatoms. The van der Waals surface area contributed by atoms with E-state index < -0.39 is 0 Å². The van der Waals surface area contributed by atoms with E-state index in [0.29, 0.717) is 5.92 Å². The number of hydrogen-bond donors (Lipinski definition) is 0. The second kappa shape index (κ2) is 5.95. The van der Waals surface area contributed by atoms with E-state index >= 15 is 0 Å². The van der Waals surface area contributed by atoms with Crippen molar-refractivity contribution in [3.05, 3.63) is 35.4 Å². The lowest BCUT2D eigenvalue weighted by atomic mass is 9.92. The SMILES string of the molecule is CCc1ccc(C(C)CCC(C)C)cc1. The van der Waals surface area contributed by atoms with E-state index in [1.165, 1.54) is 24.0 Å². The van der Waals surface area contributed by atoms with E-state index in [-0.39, 0.29) is 0 Å². The number of benzene rings is 1. The van der Waals surface area contributed by atoms with Crippen molar-refractivity contribution in [2.24, 2.45) is 5.92 Å². The standard InChI is InChI=1S/C15H24/c1-5-14-8-10-15(11-9-14)13(4)7-6-12(2)3/h8-13H,5-7H2,1-4H3. The highest BCUT2D eigenvalue weighted by Crippen LogP contribution is 2.23. The molecule has 0 saturated carbocycles. The third-order valence-electron chi connectivity index (χ3n) is 3.13. The van der Waals surface area contributed by atoms with Crippen LogP contribution >= 0.6 is 0 Å². The van der Waals surface area contributed by atoms with Crippen LogP contribution in [0.25, 0.3) is 0 Å². The zero-order valence-electron chi connectivity index (χ0n) is 10.6. The minimum absolute atomic E-state index is 0.707. The van der Waals surface area contributed by atoms with Crippen LogP contribution in [0.1, 0.15) is 57.6 Å². The van der Waals surface area contributed by atoms with Crippen LogP contribution in [0.4, 0.5) is 0 Å². The average Bonchev–Trinajstić information content (AvgIpc) is 2.26. The van der Waals surface area contributed by atoms with Gasteiger partial charge in [0.15, 0.2) is 0 Å². The van der Waals surface area contributed by atoms with Gasteiger partial charge in [0.25, 0.3) is 0 Å². The molecule has 0 saturated heterocycles. The fraction of sp³-hybridized carbons (Fsp3) is 0.600. The summed E-state index contributed by atoms with van der Waals surface area (Å²) in [6.45, 7) is 9.14. The number of hydrogen-bond acceptors (Lipinski definition) is 0. The normalized spacial score (nSPS) is 13.1. The van der Waals surface area contributed by atoms with E-state index in [1.807, 2.05) is 0 Å². The quantitative estimate of drug-likeness (QED) is 0.647. The molecule has 1 aromatic carbocycles. The topological polar surface area (TPSA) is 0 Å². The van der Waals surface area contributed by atoms with Gasteiger partial charge in [-0.25, -0.2) is 0 Å². The van der Waals surface area contributed by atoms with Crippen molar-refractivity contribution in [1.29, 1.82) is 0 Å². The van der Waals surface area contributed by atoms with E-state index in [2.05, 4.69) is 52.0 Å². The molecule has 1 unspecified atom stereocenters. The highest BCUT2D eigenvalue weighted by Gasteiger charge is 2.06. The van der Waals surface area contributed by atoms with E-state index in [9.17, 15) is 0 Å². The Morgan fingerprint density at radius 2 is 1.53 bits per heavy atom. The smallest absolute Gasteiger partial charge is 0.0190 e. The lowest BCUT2D eigenvalue weighted by Gasteiger charge is -2.13. The highest BCUT2D eigenvalue weighted by atomic mass is 14.1. The van der Waals surface area contributed by atoms with Gasteiger partial charge in [-0.15, -0.1) is 0 Å². The van der Waals surface area contributed by atoms with Gasteiger partial charge in [-0.1, -0.05) is 58.4 Å². The van der Waals surface area contributed by atoms with Crippen molar-refractivity contribution in [1.82, 2.24) is 0 Å². The van der Waals surface area contributed by atoms with Crippen molar-refractivity contribution < 1.29 is 0 Å². The molecule has 0 amide bonds. The molecule has 0 radical (unpaired) electrons. The maximum atomic E-state index is 2.34. The van der Waals surface area contributed by atoms with E-state index in [0.717, 1.165) is 12.3 Å². The Kier molecular flexibility index (Phi) is 4.87. The molecule has 0 nitrogen and oxygen atoms in total. The van der Waals surface area contributed by atoms with Crippen LogP contribution in [0.3, 0.4) is 0 Å². The highest BCUT2D eigenvalue weighted by molar-refractivity contribution is 5.24. The van der Waals surface area contributed by atoms with E-state index in [4.69, 9.17) is 0 Å². The zero-order chi connectivity index (χ0) is 11.3. The Balaban J connectivity index is 2.54. The van der Waals surface area contributed by atoms with Gasteiger partial charge >= 0.3 is 0 Å². The Morgan fingerprint density at radius 1 is 0.933 bits per heavy atom. The van der Waals surface area contributed by atoms with Crippen LogP contribution in [-0.4, -0.2) is 0 Å². The second-order valence-corrected chi connectivity index (χ2v) is 4.97. The second-order valence-electron chi connectivity index (χ2n) is 4.97. The summed E-state index contributed by atoms with van der Waals surface area (Å²) in [5, 5.41) is 0. The fourth-order valence-corrected chi connectivity index (χ4v) is 1.83. The van der Waals surface area contributed by atoms with Crippen molar-refractivity contribution in [3.8, 4) is 0 Å². The Bertz CT molecular complexity index is 269. The van der Waals surface area contributed by atoms with Gasteiger partial charge in [0.2, 0.25) is 0 Å². The summed E-state index contributed by atoms with van der Waals surface area (Å²) in [5.41, 5.74) is 2.93. The zero-order valence-corrected chi connectivity index (χ0v) is 10.6. The first-order chi connectivity index (χ1) is 7.13. The van der Waals surface area contributed by atoms with Gasteiger partial charge in [-0.05, 0) is 35.8 Å². The summed E-state index contributed by atoms with van der Waals surface area (Å²) in [6.07, 6.45) is 3.78. The Hall–Kier alpha value is -0.780. The molecule has 0 N–H and O–H groups in total. The van der Waals surface area contributed by atoms with Gasteiger partial charge in [-0.3, -0.25) is 0 Å².